The molecule has 0 amide bonds. The van der Waals surface area contributed by atoms with E-state index in [0.29, 0.717) is 11.5 Å². The number of benzene rings is 2. The predicted molar refractivity (Wildman–Crippen MR) is 115 cm³/mol. The van der Waals surface area contributed by atoms with Crippen LogP contribution in [0, 0.1) is 0 Å². The highest BCUT2D eigenvalue weighted by molar-refractivity contribution is 6.70. The predicted octanol–water partition coefficient (Wildman–Crippen LogP) is 5.53. The van der Waals surface area contributed by atoms with Gasteiger partial charge in [-0.1, -0.05) is 12.1 Å². The first-order chi connectivity index (χ1) is 12.9. The summed E-state index contributed by atoms with van der Waals surface area (Å²) in [6.07, 6.45) is -0.217. The first kappa shape index (κ1) is 20.5. The highest BCUT2D eigenvalue weighted by Gasteiger charge is 2.31. The van der Waals surface area contributed by atoms with Crippen molar-refractivity contribution in [3.8, 4) is 23.0 Å². The number of hydrogen-bond acceptors (Lipinski definition) is 5. The monoisotopic (exact) mass is 416 g/mol. The number of ether oxygens (including phenoxy) is 1. The molecule has 0 aliphatic carbocycles. The SMILES string of the molecule is C[Si](C)(C)Oc1ccc(C2CC(=O)c3c(O)cc(O[Si](C)(C)C)cc3O2)cc1. The number of carbonyl (C=O) groups is 1. The third kappa shape index (κ3) is 4.96. The zero-order chi connectivity index (χ0) is 20.7. The number of aromatic hydroxyl groups is 1. The third-order valence-corrected chi connectivity index (χ3v) is 5.77. The highest BCUT2D eigenvalue weighted by atomic mass is 28.4. The zero-order valence-corrected chi connectivity index (χ0v) is 19.3. The van der Waals surface area contributed by atoms with Crippen LogP contribution in [0.3, 0.4) is 0 Å². The van der Waals surface area contributed by atoms with Crippen LogP contribution in [-0.2, 0) is 0 Å². The lowest BCUT2D eigenvalue weighted by molar-refractivity contribution is 0.0845. The third-order valence-electron chi connectivity index (χ3n) is 4.07. The molecule has 1 N–H and O–H groups in total. The smallest absolute Gasteiger partial charge is 0.242 e. The molecule has 28 heavy (non-hydrogen) atoms. The Morgan fingerprint density at radius 2 is 1.50 bits per heavy atom. The number of phenols is 1. The summed E-state index contributed by atoms with van der Waals surface area (Å²) in [7, 11) is -3.52. The molecule has 1 atom stereocenters. The Kier molecular flexibility index (Phi) is 5.33. The zero-order valence-electron chi connectivity index (χ0n) is 17.3. The largest absolute Gasteiger partial charge is 0.544 e. The van der Waals surface area contributed by atoms with Gasteiger partial charge in [0, 0.05) is 12.1 Å². The van der Waals surface area contributed by atoms with E-state index in [1.165, 1.54) is 6.07 Å². The van der Waals surface area contributed by atoms with Crippen molar-refractivity contribution in [2.24, 2.45) is 0 Å². The second-order valence-corrected chi connectivity index (χ2v) is 17.9. The van der Waals surface area contributed by atoms with Crippen molar-refractivity contribution in [2.75, 3.05) is 0 Å². The van der Waals surface area contributed by atoms with E-state index < -0.39 is 22.7 Å². The summed E-state index contributed by atoms with van der Waals surface area (Å²) in [5.74, 6) is 1.51. The van der Waals surface area contributed by atoms with E-state index in [1.54, 1.807) is 6.07 Å². The van der Waals surface area contributed by atoms with Crippen molar-refractivity contribution in [3.05, 3.63) is 47.5 Å². The van der Waals surface area contributed by atoms with Gasteiger partial charge in [0.1, 0.15) is 34.7 Å². The molecule has 1 aliphatic heterocycles. The second-order valence-electron chi connectivity index (χ2n) is 9.05. The Labute approximate surface area is 168 Å². The lowest BCUT2D eigenvalue weighted by Crippen LogP contribution is -2.29. The Morgan fingerprint density at radius 3 is 2.07 bits per heavy atom. The van der Waals surface area contributed by atoms with Crippen LogP contribution in [0.2, 0.25) is 39.3 Å². The van der Waals surface area contributed by atoms with Gasteiger partial charge in [-0.3, -0.25) is 4.79 Å². The lowest BCUT2D eigenvalue weighted by Gasteiger charge is -2.28. The molecule has 1 heterocycles. The normalized spacial score (nSPS) is 16.9. The fourth-order valence-electron chi connectivity index (χ4n) is 3.12. The Balaban J connectivity index is 1.86. The second kappa shape index (κ2) is 7.29. The Hall–Kier alpha value is -2.26. The van der Waals surface area contributed by atoms with Gasteiger partial charge in [-0.15, -0.1) is 0 Å². The van der Waals surface area contributed by atoms with Crippen LogP contribution in [0.1, 0.15) is 28.4 Å². The molecule has 7 heteroatoms. The number of phenolic OH excluding ortho intramolecular Hbond substituents is 1. The minimum atomic E-state index is -1.85. The van der Waals surface area contributed by atoms with Gasteiger partial charge in [0.25, 0.3) is 0 Å². The average Bonchev–Trinajstić information content (AvgIpc) is 2.51. The molecule has 0 bridgehead atoms. The van der Waals surface area contributed by atoms with E-state index in [-0.39, 0.29) is 23.5 Å². The van der Waals surface area contributed by atoms with E-state index in [1.807, 2.05) is 24.3 Å². The minimum absolute atomic E-state index is 0.0897. The van der Waals surface area contributed by atoms with Crippen LogP contribution in [-0.4, -0.2) is 27.5 Å². The molecule has 0 aromatic heterocycles. The van der Waals surface area contributed by atoms with Crippen molar-refractivity contribution in [3.63, 3.8) is 0 Å². The number of carbonyl (C=O) groups excluding carboxylic acids is 1. The maximum Gasteiger partial charge on any atom is 0.242 e. The van der Waals surface area contributed by atoms with Gasteiger partial charge in [0.15, 0.2) is 5.78 Å². The van der Waals surface area contributed by atoms with E-state index in [9.17, 15) is 9.90 Å². The van der Waals surface area contributed by atoms with Crippen LogP contribution in [0.25, 0.3) is 0 Å². The first-order valence-electron chi connectivity index (χ1n) is 9.46. The molecule has 3 rings (SSSR count). The van der Waals surface area contributed by atoms with Crippen molar-refractivity contribution in [1.29, 1.82) is 0 Å². The minimum Gasteiger partial charge on any atom is -0.544 e. The number of rotatable bonds is 5. The molecule has 2 aromatic carbocycles. The van der Waals surface area contributed by atoms with Crippen molar-refractivity contribution in [1.82, 2.24) is 0 Å². The molecule has 0 fully saturated rings. The molecule has 150 valence electrons. The van der Waals surface area contributed by atoms with Crippen molar-refractivity contribution >= 4 is 22.4 Å². The maximum absolute atomic E-state index is 12.6. The fraction of sp³-hybridized carbons (Fsp3) is 0.381. The van der Waals surface area contributed by atoms with Gasteiger partial charge in [0.05, 0.1) is 6.42 Å². The molecular weight excluding hydrogens is 388 g/mol. The summed E-state index contributed by atoms with van der Waals surface area (Å²) in [5.41, 5.74) is 1.13. The van der Waals surface area contributed by atoms with Crippen LogP contribution < -0.4 is 13.6 Å². The van der Waals surface area contributed by atoms with Crippen LogP contribution in [0.15, 0.2) is 36.4 Å². The molecular formula is C21H28O5Si2. The van der Waals surface area contributed by atoms with E-state index in [4.69, 9.17) is 13.6 Å². The van der Waals surface area contributed by atoms with E-state index >= 15 is 0 Å². The molecule has 0 saturated carbocycles. The van der Waals surface area contributed by atoms with Crippen LogP contribution in [0.5, 0.6) is 23.0 Å². The van der Waals surface area contributed by atoms with Gasteiger partial charge in [-0.05, 0) is 57.0 Å². The summed E-state index contributed by atoms with van der Waals surface area (Å²) >= 11 is 0. The maximum atomic E-state index is 12.6. The molecule has 0 saturated heterocycles. The summed E-state index contributed by atoms with van der Waals surface area (Å²) in [6.45, 7) is 12.6. The van der Waals surface area contributed by atoms with Crippen LogP contribution in [0.4, 0.5) is 0 Å². The van der Waals surface area contributed by atoms with Gasteiger partial charge in [-0.2, -0.15) is 0 Å². The number of ketones is 1. The van der Waals surface area contributed by atoms with E-state index in [0.717, 1.165) is 11.3 Å². The van der Waals surface area contributed by atoms with Gasteiger partial charge in [-0.25, -0.2) is 0 Å². The summed E-state index contributed by atoms with van der Waals surface area (Å²) in [6, 6.07) is 10.9. The quantitative estimate of drug-likeness (QED) is 0.650. The van der Waals surface area contributed by atoms with Gasteiger partial charge in [0.2, 0.25) is 16.6 Å². The average molecular weight is 417 g/mol. The molecule has 0 spiro atoms. The number of fused-ring (bicyclic) bond motifs is 1. The van der Waals surface area contributed by atoms with Crippen LogP contribution >= 0.6 is 0 Å². The summed E-state index contributed by atoms with van der Waals surface area (Å²) in [5, 5.41) is 10.3. The fourth-order valence-corrected chi connectivity index (χ4v) is 4.79. The number of Topliss-reactive ketones (excluding diaryl/α,β-unsaturated/α-hetero) is 1. The topological polar surface area (TPSA) is 65.0 Å². The standard InChI is InChI=1S/C21H28O5Si2/c1-27(2,3)25-15-9-7-14(8-10-15)19-13-18(23)21-17(22)11-16(12-20(21)24-19)26-28(4,5)6/h7-12,19,22H,13H2,1-6H3. The van der Waals surface area contributed by atoms with Gasteiger partial charge >= 0.3 is 0 Å². The molecule has 5 nitrogen and oxygen atoms in total. The number of hydrogen-bond donors (Lipinski definition) is 1. The molecule has 2 aromatic rings. The van der Waals surface area contributed by atoms with Crippen molar-refractivity contribution in [2.45, 2.75) is 51.8 Å². The molecule has 1 aliphatic rings. The highest BCUT2D eigenvalue weighted by Crippen LogP contribution is 2.42. The summed E-state index contributed by atoms with van der Waals surface area (Å²) < 4.78 is 18.0. The van der Waals surface area contributed by atoms with Gasteiger partial charge < -0.3 is 18.7 Å². The first-order valence-corrected chi connectivity index (χ1v) is 16.3. The molecule has 0 radical (unpaired) electrons. The lowest BCUT2D eigenvalue weighted by atomic mass is 9.95. The summed E-state index contributed by atoms with van der Waals surface area (Å²) in [4.78, 5) is 12.6. The molecule has 1 unspecified atom stereocenters. The van der Waals surface area contributed by atoms with E-state index in [2.05, 4.69) is 39.3 Å². The Morgan fingerprint density at radius 1 is 0.929 bits per heavy atom. The Bertz CT molecular complexity index is 879. The van der Waals surface area contributed by atoms with Crippen molar-refractivity contribution < 1.29 is 23.5 Å².